The predicted molar refractivity (Wildman–Crippen MR) is 61.5 cm³/mol. The number of methoxy groups -OCH3 is 1. The summed E-state index contributed by atoms with van der Waals surface area (Å²) in [6, 6.07) is 5.68. The van der Waals surface area contributed by atoms with E-state index >= 15 is 0 Å². The summed E-state index contributed by atoms with van der Waals surface area (Å²) in [6.07, 6.45) is 2.03. The van der Waals surface area contributed by atoms with Crippen LogP contribution in [0.25, 0.3) is 0 Å². The lowest BCUT2D eigenvalue weighted by Gasteiger charge is -2.10. The van der Waals surface area contributed by atoms with Crippen molar-refractivity contribution >= 4 is 23.2 Å². The third-order valence-electron chi connectivity index (χ3n) is 2.08. The van der Waals surface area contributed by atoms with Crippen LogP contribution in [0.4, 0.5) is 0 Å². The third-order valence-corrected chi connectivity index (χ3v) is 2.85. The van der Waals surface area contributed by atoms with Gasteiger partial charge in [0.25, 0.3) is 0 Å². The maximum Gasteiger partial charge on any atom is 0.137 e. The third kappa shape index (κ3) is 2.79. The lowest BCUT2D eigenvalue weighted by Crippen LogP contribution is -1.91. The molecule has 0 aliphatic rings. The van der Waals surface area contributed by atoms with Crippen LogP contribution < -0.4 is 4.74 Å². The Hall–Kier alpha value is -0.400. The molecule has 0 aliphatic heterocycles. The normalized spacial score (nSPS) is 12.6. The zero-order valence-corrected chi connectivity index (χ0v) is 9.90. The van der Waals surface area contributed by atoms with Crippen molar-refractivity contribution in [3.8, 4) is 5.75 Å². The molecule has 0 spiro atoms. The van der Waals surface area contributed by atoms with Crippen molar-refractivity contribution in [3.05, 3.63) is 28.8 Å². The zero-order valence-electron chi connectivity index (χ0n) is 8.39. The molecule has 3 heteroatoms. The number of benzene rings is 1. The predicted octanol–water partition coefficient (Wildman–Crippen LogP) is 4.43. The average molecular weight is 233 g/mol. The molecule has 0 amide bonds. The maximum atomic E-state index is 6.17. The minimum Gasteiger partial charge on any atom is -0.495 e. The monoisotopic (exact) mass is 232 g/mol. The molecule has 14 heavy (non-hydrogen) atoms. The van der Waals surface area contributed by atoms with Gasteiger partial charge in [0.05, 0.1) is 17.5 Å². The lowest BCUT2D eigenvalue weighted by molar-refractivity contribution is 0.415. The van der Waals surface area contributed by atoms with E-state index in [1.165, 1.54) is 0 Å². The fourth-order valence-electron chi connectivity index (χ4n) is 1.30. The maximum absolute atomic E-state index is 6.17. The molecule has 0 bridgehead atoms. The molecule has 0 aromatic heterocycles. The Labute approximate surface area is 95.0 Å². The summed E-state index contributed by atoms with van der Waals surface area (Å²) in [5, 5.41) is 0.662. The van der Waals surface area contributed by atoms with Crippen molar-refractivity contribution in [1.29, 1.82) is 0 Å². The van der Waals surface area contributed by atoms with Crippen molar-refractivity contribution in [2.45, 2.75) is 25.1 Å². The molecule has 0 heterocycles. The molecule has 1 nitrogen and oxygen atoms in total. The number of hydrogen-bond donors (Lipinski definition) is 0. The topological polar surface area (TPSA) is 9.23 Å². The molecule has 1 unspecified atom stereocenters. The van der Waals surface area contributed by atoms with E-state index in [0.717, 1.165) is 18.4 Å². The molecule has 0 fully saturated rings. The smallest absolute Gasteiger partial charge is 0.137 e. The molecular weight excluding hydrogens is 219 g/mol. The van der Waals surface area contributed by atoms with E-state index in [1.807, 2.05) is 18.2 Å². The van der Waals surface area contributed by atoms with Crippen molar-refractivity contribution in [2.24, 2.45) is 0 Å². The van der Waals surface area contributed by atoms with Crippen molar-refractivity contribution in [3.63, 3.8) is 0 Å². The minimum absolute atomic E-state index is 0.0448. The Morgan fingerprint density at radius 1 is 1.43 bits per heavy atom. The van der Waals surface area contributed by atoms with Crippen LogP contribution >= 0.6 is 23.2 Å². The highest BCUT2D eigenvalue weighted by atomic mass is 35.5. The van der Waals surface area contributed by atoms with Gasteiger partial charge in [0.2, 0.25) is 0 Å². The van der Waals surface area contributed by atoms with Crippen molar-refractivity contribution in [2.75, 3.05) is 7.11 Å². The molecule has 1 aromatic rings. The van der Waals surface area contributed by atoms with Gasteiger partial charge in [0, 0.05) is 0 Å². The Bertz CT molecular complexity index is 299. The van der Waals surface area contributed by atoms with Crippen molar-refractivity contribution in [1.82, 2.24) is 0 Å². The summed E-state index contributed by atoms with van der Waals surface area (Å²) in [5.74, 6) is 0.691. The summed E-state index contributed by atoms with van der Waals surface area (Å²) < 4.78 is 5.06. The first-order chi connectivity index (χ1) is 6.69. The highest BCUT2D eigenvalue weighted by Crippen LogP contribution is 2.32. The molecule has 78 valence electrons. The number of ether oxygens (including phenoxy) is 1. The van der Waals surface area contributed by atoms with E-state index in [4.69, 9.17) is 27.9 Å². The van der Waals surface area contributed by atoms with Gasteiger partial charge < -0.3 is 4.74 Å². The molecule has 1 aromatic carbocycles. The van der Waals surface area contributed by atoms with Gasteiger partial charge in [0.1, 0.15) is 5.75 Å². The van der Waals surface area contributed by atoms with Gasteiger partial charge in [-0.05, 0) is 24.1 Å². The first kappa shape index (κ1) is 11.7. The van der Waals surface area contributed by atoms with Gasteiger partial charge in [-0.1, -0.05) is 31.0 Å². The number of rotatable bonds is 4. The molecule has 1 rings (SSSR count). The SMILES string of the molecule is CCCC(Cl)c1ccc(OC)c(Cl)c1. The number of hydrogen-bond acceptors (Lipinski definition) is 1. The van der Waals surface area contributed by atoms with Gasteiger partial charge in [-0.3, -0.25) is 0 Å². The van der Waals surface area contributed by atoms with Crippen LogP contribution in [-0.2, 0) is 0 Å². The van der Waals surface area contributed by atoms with Crippen LogP contribution in [0.5, 0.6) is 5.75 Å². The summed E-state index contributed by atoms with van der Waals surface area (Å²) in [5.41, 5.74) is 1.05. The van der Waals surface area contributed by atoms with Crippen LogP contribution in [0, 0.1) is 0 Å². The fourth-order valence-corrected chi connectivity index (χ4v) is 1.92. The second kappa shape index (κ2) is 5.47. The fraction of sp³-hybridized carbons (Fsp3) is 0.455. The van der Waals surface area contributed by atoms with Crippen LogP contribution in [0.3, 0.4) is 0 Å². The minimum atomic E-state index is 0.0448. The molecule has 0 radical (unpaired) electrons. The first-order valence-corrected chi connectivity index (χ1v) is 5.48. The van der Waals surface area contributed by atoms with E-state index < -0.39 is 0 Å². The van der Waals surface area contributed by atoms with Gasteiger partial charge in [0.15, 0.2) is 0 Å². The van der Waals surface area contributed by atoms with E-state index in [0.29, 0.717) is 10.8 Å². The molecule has 0 N–H and O–H groups in total. The largest absolute Gasteiger partial charge is 0.495 e. The van der Waals surface area contributed by atoms with Gasteiger partial charge in [-0.15, -0.1) is 11.6 Å². The van der Waals surface area contributed by atoms with E-state index in [9.17, 15) is 0 Å². The second-order valence-corrected chi connectivity index (χ2v) is 4.08. The van der Waals surface area contributed by atoms with Gasteiger partial charge in [-0.25, -0.2) is 0 Å². The summed E-state index contributed by atoms with van der Waals surface area (Å²) in [6.45, 7) is 2.11. The number of alkyl halides is 1. The Morgan fingerprint density at radius 3 is 2.64 bits per heavy atom. The van der Waals surface area contributed by atoms with Crippen LogP contribution in [0.2, 0.25) is 5.02 Å². The Balaban J connectivity index is 2.85. The van der Waals surface area contributed by atoms with E-state index in [-0.39, 0.29) is 5.38 Å². The quantitative estimate of drug-likeness (QED) is 0.699. The van der Waals surface area contributed by atoms with Gasteiger partial charge >= 0.3 is 0 Å². The van der Waals surface area contributed by atoms with Crippen LogP contribution in [0.15, 0.2) is 18.2 Å². The van der Waals surface area contributed by atoms with E-state index in [2.05, 4.69) is 6.92 Å². The number of halogens is 2. The highest BCUT2D eigenvalue weighted by molar-refractivity contribution is 6.32. The molecule has 1 atom stereocenters. The molecular formula is C11H14Cl2O. The van der Waals surface area contributed by atoms with Crippen LogP contribution in [0.1, 0.15) is 30.7 Å². The second-order valence-electron chi connectivity index (χ2n) is 3.15. The summed E-state index contributed by atoms with van der Waals surface area (Å²) in [7, 11) is 1.60. The van der Waals surface area contributed by atoms with Crippen molar-refractivity contribution < 1.29 is 4.74 Å². The first-order valence-electron chi connectivity index (χ1n) is 4.66. The zero-order chi connectivity index (χ0) is 10.6. The standard InChI is InChI=1S/C11H14Cl2O/c1-3-4-9(12)8-5-6-11(14-2)10(13)7-8/h5-7,9H,3-4H2,1-2H3. The average Bonchev–Trinajstić information content (AvgIpc) is 2.18. The van der Waals surface area contributed by atoms with Gasteiger partial charge in [-0.2, -0.15) is 0 Å². The Morgan fingerprint density at radius 2 is 2.14 bits per heavy atom. The summed E-state index contributed by atoms with van der Waals surface area (Å²) >= 11 is 12.2. The van der Waals surface area contributed by atoms with Crippen LogP contribution in [-0.4, -0.2) is 7.11 Å². The molecule has 0 aliphatic carbocycles. The molecule has 0 saturated carbocycles. The molecule has 0 saturated heterocycles. The Kier molecular flexibility index (Phi) is 4.56. The highest BCUT2D eigenvalue weighted by Gasteiger charge is 2.09. The van der Waals surface area contributed by atoms with E-state index in [1.54, 1.807) is 7.11 Å². The summed E-state index contributed by atoms with van der Waals surface area (Å²) in [4.78, 5) is 0. The lowest BCUT2D eigenvalue weighted by atomic mass is 10.1.